The van der Waals surface area contributed by atoms with Crippen molar-refractivity contribution in [2.75, 3.05) is 46.8 Å². The molecule has 0 amide bonds. The van der Waals surface area contributed by atoms with E-state index in [1.54, 1.807) is 0 Å². The van der Waals surface area contributed by atoms with Gasteiger partial charge in [0.25, 0.3) is 0 Å². The van der Waals surface area contributed by atoms with Crippen LogP contribution in [0.4, 0.5) is 0 Å². The molecule has 0 rings (SSSR count). The zero-order valence-corrected chi connectivity index (χ0v) is 9.45. The molecular formula is C11H28O8. The van der Waals surface area contributed by atoms with E-state index in [1.165, 1.54) is 0 Å². The van der Waals surface area contributed by atoms with Crippen molar-refractivity contribution in [1.82, 2.24) is 0 Å². The molecule has 2 atom stereocenters. The van der Waals surface area contributed by atoms with Crippen molar-refractivity contribution in [3.8, 4) is 0 Å². The van der Waals surface area contributed by atoms with Gasteiger partial charge in [0.15, 0.2) is 0 Å². The maximum atomic E-state index is 9.30. The predicted molar refractivity (Wildman–Crippen MR) is 68.3 cm³/mol. The Morgan fingerprint density at radius 2 is 1.11 bits per heavy atom. The fourth-order valence-corrected chi connectivity index (χ4v) is 0.892. The highest BCUT2D eigenvalue weighted by Crippen LogP contribution is 1.91. The molecule has 19 heavy (non-hydrogen) atoms. The molecule has 0 fully saturated rings. The van der Waals surface area contributed by atoms with Crippen LogP contribution < -0.4 is 0 Å². The fourth-order valence-electron chi connectivity index (χ4n) is 0.892. The van der Waals surface area contributed by atoms with Crippen molar-refractivity contribution in [2.24, 2.45) is 0 Å². The Hall–Kier alpha value is -0.320. The number of aliphatic hydroxyl groups excluding tert-OH is 4. The van der Waals surface area contributed by atoms with Crippen LogP contribution in [0.2, 0.25) is 0 Å². The topological polar surface area (TPSA) is 118 Å². The fraction of sp³-hybridized carbons (Fsp3) is 1.00. The summed E-state index contributed by atoms with van der Waals surface area (Å²) in [5.41, 5.74) is 0. The summed E-state index contributed by atoms with van der Waals surface area (Å²) in [6.45, 7) is -0.568. The first-order valence-electron chi connectivity index (χ1n) is 5.85. The molecule has 0 spiro atoms. The molecule has 0 heterocycles. The first-order valence-corrected chi connectivity index (χ1v) is 5.04. The van der Waals surface area contributed by atoms with Gasteiger partial charge >= 0.3 is 0 Å². The monoisotopic (exact) mass is 292 g/mol. The minimum absolute atomic E-state index is 0. The molecule has 4 N–H and O–H groups in total. The third-order valence-corrected chi connectivity index (χ3v) is 1.57. The van der Waals surface area contributed by atoms with Gasteiger partial charge in [0.05, 0.1) is 26.4 Å². The quantitative estimate of drug-likeness (QED) is 0.235. The van der Waals surface area contributed by atoms with E-state index in [0.29, 0.717) is 0 Å². The lowest BCUT2D eigenvalue weighted by Crippen LogP contribution is -2.25. The van der Waals surface area contributed by atoms with Crippen LogP contribution in [0.3, 0.4) is 0 Å². The number of ether oxygens (including phenoxy) is 4. The smallest absolute Gasteiger partial charge is 0.213 e. The van der Waals surface area contributed by atoms with Gasteiger partial charge in [0.1, 0.15) is 32.6 Å². The SMILES string of the molecule is C.C.[3H]OCOCC(O)COCOCC(O)COCO[3H]. The van der Waals surface area contributed by atoms with Crippen LogP contribution in [0, 0.1) is 0 Å². The molecule has 0 aromatic carbocycles. The van der Waals surface area contributed by atoms with E-state index in [4.69, 9.17) is 21.8 Å². The molecule has 8 heteroatoms. The second-order valence-corrected chi connectivity index (χ2v) is 3.14. The van der Waals surface area contributed by atoms with Crippen molar-refractivity contribution in [3.63, 3.8) is 0 Å². The molecule has 0 bridgehead atoms. The summed E-state index contributed by atoms with van der Waals surface area (Å²) in [4.78, 5) is 0. The lowest BCUT2D eigenvalue weighted by atomic mass is 10.4. The molecule has 2 unspecified atom stereocenters. The van der Waals surface area contributed by atoms with Gasteiger partial charge in [0.2, 0.25) is 2.86 Å². The van der Waals surface area contributed by atoms with E-state index in [0.717, 1.165) is 0 Å². The lowest BCUT2D eigenvalue weighted by molar-refractivity contribution is -0.124. The van der Waals surface area contributed by atoms with Crippen LogP contribution in [-0.2, 0) is 18.9 Å². The molecule has 120 valence electrons. The van der Waals surface area contributed by atoms with Crippen LogP contribution in [0.1, 0.15) is 14.9 Å². The zero-order valence-electron chi connectivity index (χ0n) is 11.4. The molecule has 0 aromatic heterocycles. The molecule has 8 nitrogen and oxygen atoms in total. The van der Waals surface area contributed by atoms with Crippen molar-refractivity contribution in [1.29, 1.82) is 2.86 Å². The van der Waals surface area contributed by atoms with Crippen LogP contribution in [0.5, 0.6) is 0 Å². The van der Waals surface area contributed by atoms with Crippen LogP contribution in [0.25, 0.3) is 0 Å². The normalized spacial score (nSPS) is 14.6. The second kappa shape index (κ2) is 17.7. The molecule has 0 aliphatic carbocycles. The Morgan fingerprint density at radius 3 is 1.47 bits per heavy atom. The maximum absolute atomic E-state index is 9.30. The maximum Gasteiger partial charge on any atom is 0.213 e. The summed E-state index contributed by atoms with van der Waals surface area (Å²) in [5, 5.41) is 26.4. The van der Waals surface area contributed by atoms with Gasteiger partial charge in [-0.15, -0.1) is 0 Å². The largest absolute Gasteiger partial charge is 0.388 e. The van der Waals surface area contributed by atoms with Crippen molar-refractivity contribution in [3.05, 3.63) is 0 Å². The van der Waals surface area contributed by atoms with E-state index < -0.39 is 12.2 Å². The third-order valence-electron chi connectivity index (χ3n) is 1.57. The zero-order chi connectivity index (χ0) is 14.3. The average Bonchev–Trinajstić information content (AvgIpc) is 2.39. The highest BCUT2D eigenvalue weighted by atomic mass is 16.7. The first-order chi connectivity index (χ1) is 9.20. The van der Waals surface area contributed by atoms with Gasteiger partial charge in [-0.3, -0.25) is 0 Å². The standard InChI is InChI=1S/C9H20O8.2CH4/c10-5-14-1-8(12)3-16-7-17-4-9(13)2-15-6-11;;/h8-13H,1-7H2;2*1H4/i10T,11T;;. The number of rotatable bonds is 14. The van der Waals surface area contributed by atoms with Gasteiger partial charge in [-0.1, -0.05) is 14.9 Å². The predicted octanol–water partition coefficient (Wildman–Crippen LogP) is -1.10. The average molecular weight is 292 g/mol. The Labute approximate surface area is 117 Å². The van der Waals surface area contributed by atoms with E-state index in [1.807, 2.05) is 0 Å². The Bertz CT molecular complexity index is 172. The van der Waals surface area contributed by atoms with Gasteiger partial charge in [-0.2, -0.15) is 0 Å². The van der Waals surface area contributed by atoms with Crippen LogP contribution in [0.15, 0.2) is 0 Å². The van der Waals surface area contributed by atoms with E-state index in [-0.39, 0.29) is 61.7 Å². The molecule has 0 saturated heterocycles. The lowest BCUT2D eigenvalue weighted by Gasteiger charge is -2.13. The molecule has 0 radical (unpaired) electrons. The van der Waals surface area contributed by atoms with E-state index in [2.05, 4.69) is 10.2 Å². The summed E-state index contributed by atoms with van der Waals surface area (Å²) < 4.78 is 32.0. The summed E-state index contributed by atoms with van der Waals surface area (Å²) in [6, 6.07) is 0. The Balaban J connectivity index is -0.00000162. The molecular weight excluding hydrogens is 260 g/mol. The van der Waals surface area contributed by atoms with Crippen molar-refractivity contribution < 1.29 is 39.4 Å². The van der Waals surface area contributed by atoms with Gasteiger partial charge in [0, 0.05) is 0 Å². The summed E-state index contributed by atoms with van der Waals surface area (Å²) in [6.07, 6.45) is -1.69. The molecule has 0 saturated carbocycles. The van der Waals surface area contributed by atoms with Crippen LogP contribution >= 0.6 is 0 Å². The number of hydrogen-bond donors (Lipinski definition) is 4. The van der Waals surface area contributed by atoms with Gasteiger partial charge in [-0.25, -0.2) is 0 Å². The summed E-state index contributed by atoms with van der Waals surface area (Å²) in [7, 11) is 0. The van der Waals surface area contributed by atoms with Crippen molar-refractivity contribution in [2.45, 2.75) is 27.1 Å². The minimum Gasteiger partial charge on any atom is -0.388 e. The number of hydrogen-bond acceptors (Lipinski definition) is 8. The van der Waals surface area contributed by atoms with E-state index >= 15 is 0 Å². The van der Waals surface area contributed by atoms with E-state index in [9.17, 15) is 10.2 Å². The number of aliphatic hydroxyl groups is 4. The summed E-state index contributed by atoms with van der Waals surface area (Å²) >= 11 is 0. The molecule has 0 aliphatic rings. The Kier molecular flexibility index (Phi) is 17.4. The first kappa shape index (κ1) is 18.7. The van der Waals surface area contributed by atoms with Crippen LogP contribution in [-0.4, -0.2) is 82.3 Å². The Morgan fingerprint density at radius 1 is 0.737 bits per heavy atom. The van der Waals surface area contributed by atoms with Crippen molar-refractivity contribution >= 4 is 0 Å². The second-order valence-electron chi connectivity index (χ2n) is 3.14. The highest BCUT2D eigenvalue weighted by molar-refractivity contribution is 4.51. The summed E-state index contributed by atoms with van der Waals surface area (Å²) in [5.74, 6) is 0. The molecule has 0 aromatic rings. The minimum atomic E-state index is -0.846. The molecule has 0 aliphatic heterocycles. The highest BCUT2D eigenvalue weighted by Gasteiger charge is 2.06. The van der Waals surface area contributed by atoms with Gasteiger partial charge in [-0.05, 0) is 0 Å². The van der Waals surface area contributed by atoms with Gasteiger partial charge < -0.3 is 39.4 Å². The third kappa shape index (κ3) is 17.7.